The zero-order valence-electron chi connectivity index (χ0n) is 37.3. The maximum absolute atomic E-state index is 7.67. The van der Waals surface area contributed by atoms with Crippen LogP contribution in [0.25, 0.3) is 98.0 Å². The van der Waals surface area contributed by atoms with Crippen molar-refractivity contribution < 1.29 is 9.05 Å². The largest absolute Gasteiger partial charge is 0.473 e. The molecule has 0 spiro atoms. The molecule has 0 aliphatic carbocycles. The Morgan fingerprint density at radius 3 is 0.706 bits per heavy atom. The van der Waals surface area contributed by atoms with Crippen LogP contribution < -0.4 is 9.05 Å². The monoisotopic (exact) mass is 906 g/mol. The fraction of sp³-hybridized carbons (Fsp3) is 0.0625. The van der Waals surface area contributed by atoms with Crippen molar-refractivity contribution in [1.29, 1.82) is 0 Å². The van der Waals surface area contributed by atoms with Gasteiger partial charge >= 0.3 is 0 Å². The van der Waals surface area contributed by atoms with E-state index in [1.807, 2.05) is 0 Å². The molecule has 2 aliphatic heterocycles. The Hall–Kier alpha value is -7.34. The summed E-state index contributed by atoms with van der Waals surface area (Å²) in [4.78, 5) is 0. The SMILES string of the molecule is c1ccc2c3c(ccc2c1)CP(Oc1ccc2ccccc2c1-c1c(OP2Cc4ccc5ccccc5c4-c4c(ccc5ccccc45)C2)ccc2ccccc12)Cc1ccc2ccccc2c1-3. The molecule has 0 bridgehead atoms. The highest BCUT2D eigenvalue weighted by molar-refractivity contribution is 7.51. The van der Waals surface area contributed by atoms with Crippen LogP contribution in [0.15, 0.2) is 218 Å². The Bertz CT molecular complexity index is 3590. The molecule has 0 radical (unpaired) electrons. The Balaban J connectivity index is 0.935. The Morgan fingerprint density at radius 1 is 0.221 bits per heavy atom. The molecule has 14 rings (SSSR count). The molecule has 0 saturated carbocycles. The molecule has 0 saturated heterocycles. The lowest BCUT2D eigenvalue weighted by Crippen LogP contribution is -1.99. The van der Waals surface area contributed by atoms with Gasteiger partial charge in [-0.1, -0.05) is 206 Å². The van der Waals surface area contributed by atoms with Crippen molar-refractivity contribution >= 4 is 80.9 Å². The lowest BCUT2D eigenvalue weighted by atomic mass is 9.88. The average molecular weight is 907 g/mol. The summed E-state index contributed by atoms with van der Waals surface area (Å²) in [5.74, 6) is 1.81. The smallest absolute Gasteiger partial charge is 0.131 e. The topological polar surface area (TPSA) is 18.5 Å². The first-order chi connectivity index (χ1) is 33.7. The van der Waals surface area contributed by atoms with E-state index in [0.29, 0.717) is 0 Å². The third-order valence-corrected chi connectivity index (χ3v) is 18.1. The van der Waals surface area contributed by atoms with Gasteiger partial charge in [0.25, 0.3) is 0 Å². The van der Waals surface area contributed by atoms with Crippen molar-refractivity contribution in [2.45, 2.75) is 24.6 Å². The molecule has 2 nitrogen and oxygen atoms in total. The van der Waals surface area contributed by atoms with Crippen LogP contribution in [0.4, 0.5) is 0 Å². The van der Waals surface area contributed by atoms with E-state index < -0.39 is 16.3 Å². The minimum absolute atomic E-state index is 0.844. The Labute approximate surface area is 398 Å². The normalized spacial score (nSPS) is 13.8. The van der Waals surface area contributed by atoms with E-state index in [1.165, 1.54) is 98.4 Å². The molecule has 12 aromatic carbocycles. The van der Waals surface area contributed by atoms with Crippen LogP contribution in [0.1, 0.15) is 22.3 Å². The van der Waals surface area contributed by atoms with Gasteiger partial charge in [-0.15, -0.1) is 0 Å². The van der Waals surface area contributed by atoms with Crippen LogP contribution in [0, 0.1) is 0 Å². The minimum Gasteiger partial charge on any atom is -0.473 e. The molecule has 0 atom stereocenters. The maximum atomic E-state index is 7.67. The highest BCUT2D eigenvalue weighted by atomic mass is 31.1. The predicted molar refractivity (Wildman–Crippen MR) is 291 cm³/mol. The van der Waals surface area contributed by atoms with Gasteiger partial charge in [-0.2, -0.15) is 0 Å². The van der Waals surface area contributed by atoms with E-state index in [9.17, 15) is 0 Å². The first-order valence-electron chi connectivity index (χ1n) is 23.6. The van der Waals surface area contributed by atoms with Crippen LogP contribution >= 0.6 is 16.3 Å². The van der Waals surface area contributed by atoms with Crippen molar-refractivity contribution in [2.75, 3.05) is 0 Å². The van der Waals surface area contributed by atoms with Gasteiger partial charge in [-0.25, -0.2) is 0 Å². The van der Waals surface area contributed by atoms with Crippen LogP contribution in [0.3, 0.4) is 0 Å². The first-order valence-corrected chi connectivity index (χ1v) is 26.9. The zero-order valence-corrected chi connectivity index (χ0v) is 39.1. The lowest BCUT2D eigenvalue weighted by molar-refractivity contribution is 0.605. The van der Waals surface area contributed by atoms with E-state index in [2.05, 4.69) is 218 Å². The molecule has 2 aliphatic rings. The van der Waals surface area contributed by atoms with Crippen LogP contribution in [0.2, 0.25) is 0 Å². The van der Waals surface area contributed by atoms with Gasteiger partial charge in [0.15, 0.2) is 0 Å². The summed E-state index contributed by atoms with van der Waals surface area (Å²) in [6, 6.07) is 80.7. The third kappa shape index (κ3) is 6.54. The molecule has 68 heavy (non-hydrogen) atoms. The molecule has 322 valence electrons. The summed E-state index contributed by atoms with van der Waals surface area (Å²) in [6.45, 7) is 0. The Morgan fingerprint density at radius 2 is 0.441 bits per heavy atom. The van der Waals surface area contributed by atoms with Crippen LogP contribution in [-0.2, 0) is 24.6 Å². The van der Waals surface area contributed by atoms with E-state index in [0.717, 1.165) is 58.0 Å². The van der Waals surface area contributed by atoms with Gasteiger partial charge in [-0.05, 0) is 121 Å². The molecule has 4 heteroatoms. The fourth-order valence-corrected chi connectivity index (χ4v) is 15.3. The van der Waals surface area contributed by atoms with E-state index in [1.54, 1.807) is 0 Å². The van der Waals surface area contributed by atoms with Crippen molar-refractivity contribution in [3.63, 3.8) is 0 Å². The maximum Gasteiger partial charge on any atom is 0.131 e. The summed E-state index contributed by atoms with van der Waals surface area (Å²) >= 11 is 0. The van der Waals surface area contributed by atoms with Gasteiger partial charge in [0, 0.05) is 35.8 Å². The van der Waals surface area contributed by atoms with Gasteiger partial charge in [0.1, 0.15) is 11.5 Å². The number of hydrogen-bond donors (Lipinski definition) is 0. The van der Waals surface area contributed by atoms with Gasteiger partial charge in [-0.3, -0.25) is 0 Å². The molecule has 0 fully saturated rings. The van der Waals surface area contributed by atoms with Gasteiger partial charge < -0.3 is 9.05 Å². The molecule has 0 unspecified atom stereocenters. The second-order valence-corrected chi connectivity index (χ2v) is 21.9. The number of benzene rings is 12. The summed E-state index contributed by atoms with van der Waals surface area (Å²) in [5, 5.41) is 15.0. The van der Waals surface area contributed by atoms with E-state index in [4.69, 9.17) is 9.05 Å². The average Bonchev–Trinajstić information content (AvgIpc) is 3.66. The molecular formula is C64H44O2P2. The van der Waals surface area contributed by atoms with E-state index in [-0.39, 0.29) is 0 Å². The number of fused-ring (bicyclic) bond motifs is 16. The minimum atomic E-state index is -1.02. The van der Waals surface area contributed by atoms with Crippen molar-refractivity contribution in [1.82, 2.24) is 0 Å². The molecule has 0 aromatic heterocycles. The molecule has 0 N–H and O–H groups in total. The summed E-state index contributed by atoms with van der Waals surface area (Å²) in [5.41, 5.74) is 13.0. The van der Waals surface area contributed by atoms with Gasteiger partial charge in [0.2, 0.25) is 0 Å². The van der Waals surface area contributed by atoms with Crippen LogP contribution in [-0.4, -0.2) is 0 Å². The molecule has 12 aromatic rings. The molecular weight excluding hydrogens is 863 g/mol. The van der Waals surface area contributed by atoms with E-state index >= 15 is 0 Å². The summed E-state index contributed by atoms with van der Waals surface area (Å²) in [7, 11) is -2.04. The highest BCUT2D eigenvalue weighted by Crippen LogP contribution is 2.59. The second kappa shape index (κ2) is 16.2. The number of hydrogen-bond acceptors (Lipinski definition) is 2. The lowest BCUT2D eigenvalue weighted by Gasteiger charge is -2.25. The third-order valence-electron chi connectivity index (χ3n) is 14.4. The summed E-state index contributed by atoms with van der Waals surface area (Å²) < 4.78 is 15.3. The highest BCUT2D eigenvalue weighted by Gasteiger charge is 2.31. The Kier molecular flexibility index (Phi) is 9.47. The quantitative estimate of drug-likeness (QED) is 0.160. The number of rotatable bonds is 5. The van der Waals surface area contributed by atoms with Crippen LogP contribution in [0.5, 0.6) is 11.5 Å². The molecule has 2 heterocycles. The first kappa shape index (κ1) is 39.8. The van der Waals surface area contributed by atoms with Gasteiger partial charge in [0.05, 0.1) is 16.3 Å². The van der Waals surface area contributed by atoms with Crippen molar-refractivity contribution in [2.24, 2.45) is 0 Å². The standard InChI is InChI=1S/C64H44O2P2/c1-7-19-51-41(13-1)25-29-47-37-67(38-48-30-26-42-14-2-8-20-52(42)60(48)59(47)51)65-57-35-33-45-17-5-11-23-55(45)63(57)64-56-24-12-6-18-46(56)34-36-58(64)66-68-39-49-31-27-43-15-3-9-21-53(43)61(49)62-50(40-68)32-28-44-16-4-10-22-54(44)62/h1-36H,37-40H2. The summed E-state index contributed by atoms with van der Waals surface area (Å²) in [6.07, 6.45) is 3.38. The zero-order chi connectivity index (χ0) is 44.7. The second-order valence-electron chi connectivity index (χ2n) is 18.4. The van der Waals surface area contributed by atoms with Crippen molar-refractivity contribution in [3.8, 4) is 44.9 Å². The fourth-order valence-electron chi connectivity index (χ4n) is 11.4. The van der Waals surface area contributed by atoms with Crippen molar-refractivity contribution in [3.05, 3.63) is 241 Å². The predicted octanol–water partition coefficient (Wildman–Crippen LogP) is 18.6. The molecule has 0 amide bonds.